The third-order valence-corrected chi connectivity index (χ3v) is 6.28. The summed E-state index contributed by atoms with van der Waals surface area (Å²) in [6.07, 6.45) is 1.21. The average molecular weight is 335 g/mol. The number of aromatic nitrogens is 1. The van der Waals surface area contributed by atoms with E-state index in [4.69, 9.17) is 0 Å². The first kappa shape index (κ1) is 14.4. The van der Waals surface area contributed by atoms with Crippen LogP contribution in [0.3, 0.4) is 0 Å². The van der Waals surface area contributed by atoms with E-state index < -0.39 is 9.84 Å². The number of sulfone groups is 1. The molecule has 6 heteroatoms. The lowest BCUT2D eigenvalue weighted by atomic mass is 10.2. The van der Waals surface area contributed by atoms with E-state index in [1.807, 2.05) is 5.38 Å². The quantitative estimate of drug-likeness (QED) is 0.719. The summed E-state index contributed by atoms with van der Waals surface area (Å²) >= 11 is 3.29. The molecule has 0 aliphatic heterocycles. The number of thiophene rings is 1. The molecule has 3 aromatic rings. The Kier molecular flexibility index (Phi) is 3.69. The molecule has 0 spiro atoms. The van der Waals surface area contributed by atoms with Crippen LogP contribution in [0.15, 0.2) is 46.0 Å². The molecule has 0 bridgehead atoms. The molecular weight excluding hydrogens is 322 g/mol. The van der Waals surface area contributed by atoms with Gasteiger partial charge in [-0.25, -0.2) is 13.4 Å². The normalized spacial score (nSPS) is 11.7. The van der Waals surface area contributed by atoms with Gasteiger partial charge in [-0.2, -0.15) is 0 Å². The Morgan fingerprint density at radius 1 is 1.05 bits per heavy atom. The fraction of sp³-hybridized carbons (Fsp3) is 0.133. The highest BCUT2D eigenvalue weighted by Gasteiger charge is 2.11. The van der Waals surface area contributed by atoms with E-state index in [1.54, 1.807) is 46.9 Å². The monoisotopic (exact) mass is 335 g/mol. The Morgan fingerprint density at radius 2 is 1.76 bits per heavy atom. The van der Waals surface area contributed by atoms with Gasteiger partial charge >= 0.3 is 0 Å². The number of aryl methyl sites for hydroxylation is 1. The summed E-state index contributed by atoms with van der Waals surface area (Å²) in [4.78, 5) is 6.18. The standard InChI is InChI=1S/C15H13NO2S3/c1-10-7-8-19-14(10)15-16-13(9-20-15)11-3-5-12(6-4-11)21(2,17)18/h3-9H,1-2H3. The van der Waals surface area contributed by atoms with Crippen molar-refractivity contribution in [2.75, 3.05) is 6.26 Å². The van der Waals surface area contributed by atoms with Crippen LogP contribution in [-0.4, -0.2) is 19.7 Å². The SMILES string of the molecule is Cc1ccsc1-c1nc(-c2ccc(S(C)(=O)=O)cc2)cs1. The van der Waals surface area contributed by atoms with Crippen molar-refractivity contribution in [3.05, 3.63) is 46.7 Å². The Labute approximate surface area is 131 Å². The summed E-state index contributed by atoms with van der Waals surface area (Å²) in [5.74, 6) is 0. The highest BCUT2D eigenvalue weighted by Crippen LogP contribution is 2.34. The summed E-state index contributed by atoms with van der Waals surface area (Å²) in [6.45, 7) is 2.08. The van der Waals surface area contributed by atoms with Gasteiger partial charge in [0.15, 0.2) is 9.84 Å². The van der Waals surface area contributed by atoms with Crippen molar-refractivity contribution in [1.29, 1.82) is 0 Å². The summed E-state index contributed by atoms with van der Waals surface area (Å²) in [6, 6.07) is 8.94. The molecule has 3 nitrogen and oxygen atoms in total. The maximum Gasteiger partial charge on any atom is 0.175 e. The molecule has 0 N–H and O–H groups in total. The van der Waals surface area contributed by atoms with Gasteiger partial charge in [-0.3, -0.25) is 0 Å². The van der Waals surface area contributed by atoms with Crippen LogP contribution in [0.25, 0.3) is 21.1 Å². The maximum atomic E-state index is 11.5. The van der Waals surface area contributed by atoms with Gasteiger partial charge in [-0.15, -0.1) is 22.7 Å². The summed E-state index contributed by atoms with van der Waals surface area (Å²) in [5.41, 5.74) is 3.04. The molecule has 0 amide bonds. The second-order valence-electron chi connectivity index (χ2n) is 4.77. The van der Waals surface area contributed by atoms with Crippen molar-refractivity contribution in [2.24, 2.45) is 0 Å². The predicted molar refractivity (Wildman–Crippen MR) is 88.7 cm³/mol. The van der Waals surface area contributed by atoms with Crippen molar-refractivity contribution in [3.8, 4) is 21.1 Å². The molecule has 3 rings (SSSR count). The average Bonchev–Trinajstić information content (AvgIpc) is 3.06. The second-order valence-corrected chi connectivity index (χ2v) is 8.56. The Morgan fingerprint density at radius 3 is 2.33 bits per heavy atom. The predicted octanol–water partition coefficient (Wildman–Crippen LogP) is 4.25. The summed E-state index contributed by atoms with van der Waals surface area (Å²) < 4.78 is 22.9. The lowest BCUT2D eigenvalue weighted by Gasteiger charge is -2.00. The van der Waals surface area contributed by atoms with Crippen LogP contribution in [0.2, 0.25) is 0 Å². The third-order valence-electron chi connectivity index (χ3n) is 3.14. The number of hydrogen-bond acceptors (Lipinski definition) is 5. The number of hydrogen-bond donors (Lipinski definition) is 0. The van der Waals surface area contributed by atoms with Gasteiger partial charge in [-0.05, 0) is 36.1 Å². The molecule has 0 aliphatic carbocycles. The molecule has 0 aliphatic rings. The van der Waals surface area contributed by atoms with E-state index in [2.05, 4.69) is 23.4 Å². The zero-order valence-electron chi connectivity index (χ0n) is 11.5. The van der Waals surface area contributed by atoms with E-state index in [0.717, 1.165) is 16.3 Å². The number of rotatable bonds is 3. The first-order valence-electron chi connectivity index (χ1n) is 6.25. The molecule has 21 heavy (non-hydrogen) atoms. The van der Waals surface area contributed by atoms with Crippen LogP contribution in [-0.2, 0) is 9.84 Å². The van der Waals surface area contributed by atoms with Crippen molar-refractivity contribution in [2.45, 2.75) is 11.8 Å². The largest absolute Gasteiger partial charge is 0.235 e. The highest BCUT2D eigenvalue weighted by molar-refractivity contribution is 7.90. The Balaban J connectivity index is 1.95. The fourth-order valence-electron chi connectivity index (χ4n) is 1.98. The molecule has 1 aromatic carbocycles. The molecule has 0 saturated carbocycles. The fourth-order valence-corrected chi connectivity index (χ4v) is 4.53. The van der Waals surface area contributed by atoms with Crippen LogP contribution in [0.4, 0.5) is 0 Å². The Bertz CT molecular complexity index is 874. The lowest BCUT2D eigenvalue weighted by Crippen LogP contribution is -1.96. The van der Waals surface area contributed by atoms with Gasteiger partial charge in [0.25, 0.3) is 0 Å². The van der Waals surface area contributed by atoms with Crippen LogP contribution in [0, 0.1) is 6.92 Å². The van der Waals surface area contributed by atoms with Crippen molar-refractivity contribution < 1.29 is 8.42 Å². The minimum atomic E-state index is -3.15. The van der Waals surface area contributed by atoms with Crippen molar-refractivity contribution in [3.63, 3.8) is 0 Å². The molecular formula is C15H13NO2S3. The van der Waals surface area contributed by atoms with Gasteiger partial charge in [0.05, 0.1) is 15.5 Å². The molecule has 2 aromatic heterocycles. The van der Waals surface area contributed by atoms with E-state index in [-0.39, 0.29) is 0 Å². The molecule has 108 valence electrons. The van der Waals surface area contributed by atoms with Crippen LogP contribution in [0.5, 0.6) is 0 Å². The molecule has 0 unspecified atom stereocenters. The number of nitrogens with zero attached hydrogens (tertiary/aromatic N) is 1. The van der Waals surface area contributed by atoms with E-state index in [1.165, 1.54) is 16.7 Å². The first-order valence-corrected chi connectivity index (χ1v) is 9.91. The summed E-state index contributed by atoms with van der Waals surface area (Å²) in [7, 11) is -3.15. The molecule has 0 atom stereocenters. The van der Waals surface area contributed by atoms with Crippen molar-refractivity contribution >= 4 is 32.5 Å². The lowest BCUT2D eigenvalue weighted by molar-refractivity contribution is 0.602. The third kappa shape index (κ3) is 2.92. The minimum Gasteiger partial charge on any atom is -0.235 e. The first-order chi connectivity index (χ1) is 9.95. The van der Waals surface area contributed by atoms with Crippen molar-refractivity contribution in [1.82, 2.24) is 4.98 Å². The number of benzene rings is 1. The van der Waals surface area contributed by atoms with E-state index in [9.17, 15) is 8.42 Å². The maximum absolute atomic E-state index is 11.5. The van der Waals surface area contributed by atoms with Gasteiger partial charge < -0.3 is 0 Å². The zero-order chi connectivity index (χ0) is 15.0. The van der Waals surface area contributed by atoms with Gasteiger partial charge in [0, 0.05) is 17.2 Å². The number of thiazole rings is 1. The van der Waals surface area contributed by atoms with Crippen LogP contribution >= 0.6 is 22.7 Å². The zero-order valence-corrected chi connectivity index (χ0v) is 14.0. The summed E-state index contributed by atoms with van der Waals surface area (Å²) in [5, 5.41) is 5.07. The van der Waals surface area contributed by atoms with Gasteiger partial charge in [0.2, 0.25) is 0 Å². The van der Waals surface area contributed by atoms with E-state index >= 15 is 0 Å². The smallest absolute Gasteiger partial charge is 0.175 e. The second kappa shape index (κ2) is 5.36. The molecule has 0 fully saturated rings. The van der Waals surface area contributed by atoms with E-state index in [0.29, 0.717) is 4.90 Å². The highest BCUT2D eigenvalue weighted by atomic mass is 32.2. The van der Waals surface area contributed by atoms with Gasteiger partial charge in [-0.1, -0.05) is 12.1 Å². The van der Waals surface area contributed by atoms with Crippen LogP contribution < -0.4 is 0 Å². The molecule has 2 heterocycles. The topological polar surface area (TPSA) is 47.0 Å². The molecule has 0 saturated heterocycles. The Hall–Kier alpha value is -1.50. The van der Waals surface area contributed by atoms with Gasteiger partial charge in [0.1, 0.15) is 5.01 Å². The van der Waals surface area contributed by atoms with Crippen LogP contribution in [0.1, 0.15) is 5.56 Å². The minimum absolute atomic E-state index is 0.329. The molecule has 0 radical (unpaired) electrons.